The summed E-state index contributed by atoms with van der Waals surface area (Å²) in [5.41, 5.74) is 0. The topological polar surface area (TPSA) is 96.5 Å². The zero-order valence-corrected chi connectivity index (χ0v) is 18.6. The Kier molecular flexibility index (Phi) is 6.17. The predicted molar refractivity (Wildman–Crippen MR) is 114 cm³/mol. The number of hydrogen-bond acceptors (Lipinski definition) is 7. The number of amides is 2. The van der Waals surface area contributed by atoms with Crippen LogP contribution in [-0.4, -0.2) is 86.8 Å². The molecule has 1 fully saturated rings. The minimum absolute atomic E-state index is 0.139. The lowest BCUT2D eigenvalue weighted by atomic mass is 10.2. The number of benzene rings is 1. The number of thiophene rings is 1. The molecule has 0 unspecified atom stereocenters. The van der Waals surface area contributed by atoms with Gasteiger partial charge in [-0.3, -0.25) is 9.59 Å². The fraction of sp³-hybridized carbons (Fsp3) is 0.400. The van der Waals surface area contributed by atoms with Gasteiger partial charge in [0.2, 0.25) is 12.0 Å². The van der Waals surface area contributed by atoms with Gasteiger partial charge in [-0.05, 0) is 23.6 Å². The van der Waals surface area contributed by atoms with Crippen LogP contribution in [0, 0.1) is 0 Å². The minimum atomic E-state index is -3.68. The first-order valence-electron chi connectivity index (χ1n) is 9.81. The Morgan fingerprint density at radius 2 is 1.74 bits per heavy atom. The van der Waals surface area contributed by atoms with Crippen molar-refractivity contribution in [2.45, 2.75) is 10.3 Å². The summed E-state index contributed by atoms with van der Waals surface area (Å²) in [6.45, 7) is 1.27. The third-order valence-corrected chi connectivity index (χ3v) is 8.42. The van der Waals surface area contributed by atoms with Crippen molar-refractivity contribution in [1.82, 2.24) is 14.1 Å². The molecule has 2 amide bonds. The summed E-state index contributed by atoms with van der Waals surface area (Å²) < 4.78 is 37.7. The van der Waals surface area contributed by atoms with Crippen LogP contribution < -0.4 is 9.47 Å². The molecule has 0 N–H and O–H groups in total. The quantitative estimate of drug-likeness (QED) is 0.651. The molecule has 1 atom stereocenters. The Hall–Kier alpha value is -2.63. The van der Waals surface area contributed by atoms with Crippen LogP contribution in [0.25, 0.3) is 0 Å². The molecule has 3 heterocycles. The number of para-hydroxylation sites is 2. The third kappa shape index (κ3) is 4.53. The summed E-state index contributed by atoms with van der Waals surface area (Å²) >= 11 is 1.11. The van der Waals surface area contributed by atoms with Gasteiger partial charge in [-0.1, -0.05) is 18.2 Å². The van der Waals surface area contributed by atoms with Crippen molar-refractivity contribution in [2.24, 2.45) is 0 Å². The molecule has 1 aromatic heterocycles. The summed E-state index contributed by atoms with van der Waals surface area (Å²) in [7, 11) is -2.29. The Morgan fingerprint density at radius 1 is 1.06 bits per heavy atom. The van der Waals surface area contributed by atoms with E-state index < -0.39 is 16.1 Å². The maximum absolute atomic E-state index is 12.8. The largest absolute Gasteiger partial charge is 0.485 e. The second kappa shape index (κ2) is 8.85. The predicted octanol–water partition coefficient (Wildman–Crippen LogP) is 0.879. The van der Waals surface area contributed by atoms with Crippen molar-refractivity contribution >= 4 is 33.2 Å². The van der Waals surface area contributed by atoms with E-state index in [1.807, 2.05) is 12.1 Å². The highest BCUT2D eigenvalue weighted by Crippen LogP contribution is 2.31. The molecule has 0 saturated carbocycles. The normalized spacial score (nSPS) is 18.8. The molecule has 4 rings (SSSR count). The molecule has 0 spiro atoms. The summed E-state index contributed by atoms with van der Waals surface area (Å²) in [5, 5.41) is 1.68. The van der Waals surface area contributed by atoms with Crippen LogP contribution in [-0.2, 0) is 19.6 Å². The van der Waals surface area contributed by atoms with Gasteiger partial charge in [-0.15, -0.1) is 11.3 Å². The fourth-order valence-electron chi connectivity index (χ4n) is 3.46. The smallest absolute Gasteiger partial charge is 0.267 e. The highest BCUT2D eigenvalue weighted by Gasteiger charge is 2.34. The molecule has 1 saturated heterocycles. The number of nitrogens with zero attached hydrogens (tertiary/aromatic N) is 3. The summed E-state index contributed by atoms with van der Waals surface area (Å²) in [4.78, 5) is 28.7. The number of sulfonamides is 1. The van der Waals surface area contributed by atoms with E-state index in [1.165, 1.54) is 13.1 Å². The average molecular weight is 466 g/mol. The molecule has 31 heavy (non-hydrogen) atoms. The lowest BCUT2D eigenvalue weighted by molar-refractivity contribution is -0.146. The van der Waals surface area contributed by atoms with E-state index in [2.05, 4.69) is 0 Å². The van der Waals surface area contributed by atoms with Crippen molar-refractivity contribution in [2.75, 3.05) is 46.4 Å². The molecule has 0 bridgehead atoms. The Bertz CT molecular complexity index is 1050. The second-order valence-corrected chi connectivity index (χ2v) is 10.5. The first kappa shape index (κ1) is 21.6. The van der Waals surface area contributed by atoms with Gasteiger partial charge in [0, 0.05) is 33.2 Å². The average Bonchev–Trinajstić information content (AvgIpc) is 3.34. The number of fused-ring (bicyclic) bond motifs is 1. The van der Waals surface area contributed by atoms with E-state index >= 15 is 0 Å². The summed E-state index contributed by atoms with van der Waals surface area (Å²) in [6, 6.07) is 10.4. The van der Waals surface area contributed by atoms with Crippen LogP contribution in [0.4, 0.5) is 0 Å². The van der Waals surface area contributed by atoms with Gasteiger partial charge in [-0.25, -0.2) is 8.42 Å². The number of ether oxygens (including phenoxy) is 2. The molecule has 2 aromatic rings. The second-order valence-electron chi connectivity index (χ2n) is 7.26. The van der Waals surface area contributed by atoms with E-state index in [4.69, 9.17) is 9.47 Å². The van der Waals surface area contributed by atoms with Gasteiger partial charge >= 0.3 is 0 Å². The van der Waals surface area contributed by atoms with Crippen LogP contribution in [0.15, 0.2) is 46.0 Å². The van der Waals surface area contributed by atoms with Crippen LogP contribution >= 0.6 is 11.3 Å². The first-order valence-corrected chi connectivity index (χ1v) is 12.1. The number of carbonyl (C=O) groups is 2. The van der Waals surface area contributed by atoms with Gasteiger partial charge in [0.05, 0.1) is 6.54 Å². The summed E-state index contributed by atoms with van der Waals surface area (Å²) in [5.74, 6) is 0.680. The molecule has 2 aliphatic rings. The molecular formula is C20H23N3O6S2. The van der Waals surface area contributed by atoms with Gasteiger partial charge in [-0.2, -0.15) is 4.31 Å². The van der Waals surface area contributed by atoms with Crippen LogP contribution in [0.1, 0.15) is 0 Å². The third-order valence-electron chi connectivity index (χ3n) is 5.25. The van der Waals surface area contributed by atoms with Gasteiger partial charge in [0.25, 0.3) is 15.9 Å². The van der Waals surface area contributed by atoms with Crippen LogP contribution in [0.5, 0.6) is 11.5 Å². The van der Waals surface area contributed by atoms with Crippen molar-refractivity contribution in [3.05, 3.63) is 41.8 Å². The minimum Gasteiger partial charge on any atom is -0.485 e. The Labute approximate surface area is 184 Å². The number of hydrogen-bond donors (Lipinski definition) is 0. The molecular weight excluding hydrogens is 442 g/mol. The van der Waals surface area contributed by atoms with Gasteiger partial charge < -0.3 is 19.3 Å². The monoisotopic (exact) mass is 465 g/mol. The van der Waals surface area contributed by atoms with E-state index in [-0.39, 0.29) is 29.2 Å². The maximum atomic E-state index is 12.8. The van der Waals surface area contributed by atoms with Gasteiger partial charge in [0.15, 0.2) is 11.5 Å². The highest BCUT2D eigenvalue weighted by atomic mass is 32.2. The molecule has 166 valence electrons. The molecule has 11 heteroatoms. The molecule has 0 radical (unpaired) electrons. The van der Waals surface area contributed by atoms with E-state index in [0.717, 1.165) is 15.6 Å². The lowest BCUT2D eigenvalue weighted by Crippen LogP contribution is -2.56. The number of piperazine rings is 1. The number of carbonyl (C=O) groups excluding carboxylic acids is 2. The van der Waals surface area contributed by atoms with E-state index in [0.29, 0.717) is 37.7 Å². The van der Waals surface area contributed by atoms with Crippen LogP contribution in [0.3, 0.4) is 0 Å². The molecule has 9 nitrogen and oxygen atoms in total. The van der Waals surface area contributed by atoms with E-state index in [1.54, 1.807) is 33.4 Å². The van der Waals surface area contributed by atoms with Crippen molar-refractivity contribution < 1.29 is 27.5 Å². The molecule has 2 aliphatic heterocycles. The van der Waals surface area contributed by atoms with Crippen molar-refractivity contribution in [3.8, 4) is 11.5 Å². The van der Waals surface area contributed by atoms with Crippen LogP contribution in [0.2, 0.25) is 0 Å². The molecule has 0 aliphatic carbocycles. The fourth-order valence-corrected chi connectivity index (χ4v) is 5.78. The number of rotatable bonds is 5. The zero-order valence-electron chi connectivity index (χ0n) is 17.0. The van der Waals surface area contributed by atoms with Gasteiger partial charge in [0.1, 0.15) is 10.8 Å². The molecule has 1 aromatic carbocycles. The lowest BCUT2D eigenvalue weighted by Gasteiger charge is -2.37. The first-order chi connectivity index (χ1) is 14.9. The maximum Gasteiger partial charge on any atom is 0.267 e. The van der Waals surface area contributed by atoms with E-state index in [9.17, 15) is 18.0 Å². The highest BCUT2D eigenvalue weighted by molar-refractivity contribution is 7.91. The Morgan fingerprint density at radius 3 is 2.42 bits per heavy atom. The summed E-state index contributed by atoms with van der Waals surface area (Å²) in [6.07, 6.45) is -0.723. The standard InChI is InChI=1S/C20H23N3O6S2/c1-21(31(26,27)19-7-4-12-30-19)13-18(24)22-8-10-23(11-9-22)20(25)17-14-28-15-5-2-3-6-16(15)29-17/h2-7,12,17H,8-11,13-14H2,1H3/t17-/m0/s1. The zero-order chi connectivity index (χ0) is 22.0. The number of likely N-dealkylation sites (N-methyl/N-ethyl adjacent to an activating group) is 1. The van der Waals surface area contributed by atoms with Crippen molar-refractivity contribution in [1.29, 1.82) is 0 Å². The Balaban J connectivity index is 1.29. The SMILES string of the molecule is CN(CC(=O)N1CCN(C(=O)[C@@H]2COc3ccccc3O2)CC1)S(=O)(=O)c1cccs1. The van der Waals surface area contributed by atoms with Crippen molar-refractivity contribution in [3.63, 3.8) is 0 Å².